The van der Waals surface area contributed by atoms with Gasteiger partial charge in [0.05, 0.1) is 10.6 Å². The van der Waals surface area contributed by atoms with Crippen LogP contribution in [0.3, 0.4) is 0 Å². The number of carbonyl (C=O) groups is 1. The molecule has 0 fully saturated rings. The lowest BCUT2D eigenvalue weighted by molar-refractivity contribution is 0.0982. The standard InChI is InChI=1S/C21H17ClFNO3S/c22-14-6-5-7-15(12-14)28(26,27)24-13-18-16(8-2-4-11-20(18)25)21(24)17-9-1-3-10-19(17)23/h1,3,5-7,9-10,12-13H,2,4,8,11H2. The molecule has 0 bridgehead atoms. The Morgan fingerprint density at radius 3 is 2.46 bits per heavy atom. The van der Waals surface area contributed by atoms with E-state index in [1.54, 1.807) is 18.2 Å². The second kappa shape index (κ2) is 7.18. The lowest BCUT2D eigenvalue weighted by Gasteiger charge is -2.13. The number of hydrogen-bond donors (Lipinski definition) is 0. The first-order valence-corrected chi connectivity index (χ1v) is 10.7. The van der Waals surface area contributed by atoms with Gasteiger partial charge in [0.1, 0.15) is 5.82 Å². The monoisotopic (exact) mass is 417 g/mol. The summed E-state index contributed by atoms with van der Waals surface area (Å²) in [7, 11) is -4.07. The van der Waals surface area contributed by atoms with Crippen molar-refractivity contribution in [1.82, 2.24) is 3.97 Å². The molecular weight excluding hydrogens is 401 g/mol. The molecule has 4 nitrogen and oxygen atoms in total. The number of hydrogen-bond acceptors (Lipinski definition) is 3. The zero-order valence-electron chi connectivity index (χ0n) is 14.9. The van der Waals surface area contributed by atoms with E-state index >= 15 is 0 Å². The third kappa shape index (κ3) is 3.16. The van der Waals surface area contributed by atoms with Gasteiger partial charge >= 0.3 is 0 Å². The van der Waals surface area contributed by atoms with Crippen molar-refractivity contribution in [3.8, 4) is 11.3 Å². The van der Waals surface area contributed by atoms with Gasteiger partial charge in [0.25, 0.3) is 10.0 Å². The van der Waals surface area contributed by atoms with Gasteiger partial charge in [-0.3, -0.25) is 4.79 Å². The zero-order chi connectivity index (χ0) is 19.9. The summed E-state index contributed by atoms with van der Waals surface area (Å²) in [4.78, 5) is 12.6. The molecule has 1 aromatic heterocycles. The molecule has 0 aliphatic heterocycles. The minimum atomic E-state index is -4.07. The number of rotatable bonds is 3. The van der Waals surface area contributed by atoms with Crippen molar-refractivity contribution in [3.63, 3.8) is 0 Å². The molecule has 0 saturated heterocycles. The van der Waals surface area contributed by atoms with Crippen LogP contribution in [0.5, 0.6) is 0 Å². The minimum Gasteiger partial charge on any atom is -0.294 e. The summed E-state index contributed by atoms with van der Waals surface area (Å²) in [5.41, 5.74) is 1.30. The second-order valence-electron chi connectivity index (χ2n) is 6.74. The van der Waals surface area contributed by atoms with Crippen LogP contribution < -0.4 is 0 Å². The Kier molecular flexibility index (Phi) is 4.85. The van der Waals surface area contributed by atoms with Crippen molar-refractivity contribution in [2.75, 3.05) is 0 Å². The van der Waals surface area contributed by atoms with Crippen LogP contribution in [0.15, 0.2) is 59.6 Å². The molecule has 0 radical (unpaired) electrons. The van der Waals surface area contributed by atoms with Crippen LogP contribution in [0.2, 0.25) is 5.02 Å². The summed E-state index contributed by atoms with van der Waals surface area (Å²) in [6, 6.07) is 11.9. The maximum Gasteiger partial charge on any atom is 0.268 e. The van der Waals surface area contributed by atoms with Crippen molar-refractivity contribution >= 4 is 27.4 Å². The third-order valence-electron chi connectivity index (χ3n) is 4.94. The van der Waals surface area contributed by atoms with Gasteiger partial charge in [0, 0.05) is 28.8 Å². The number of benzene rings is 2. The first-order valence-electron chi connectivity index (χ1n) is 8.93. The summed E-state index contributed by atoms with van der Waals surface area (Å²) in [5, 5.41) is 0.276. The minimum absolute atomic E-state index is 0.0183. The molecule has 28 heavy (non-hydrogen) atoms. The summed E-state index contributed by atoms with van der Waals surface area (Å²) in [5.74, 6) is -0.659. The maximum atomic E-state index is 14.6. The molecule has 0 saturated carbocycles. The quantitative estimate of drug-likeness (QED) is 0.557. The average Bonchev–Trinajstić information content (AvgIpc) is 2.96. The highest BCUT2D eigenvalue weighted by Gasteiger charge is 2.30. The van der Waals surface area contributed by atoms with Gasteiger partial charge in [-0.15, -0.1) is 0 Å². The van der Waals surface area contributed by atoms with E-state index in [-0.39, 0.29) is 27.0 Å². The van der Waals surface area contributed by atoms with Crippen LogP contribution in [-0.2, 0) is 16.4 Å². The zero-order valence-corrected chi connectivity index (χ0v) is 16.4. The number of fused-ring (bicyclic) bond motifs is 1. The average molecular weight is 418 g/mol. The number of aromatic nitrogens is 1. The molecule has 2 aromatic carbocycles. The first-order chi connectivity index (χ1) is 13.4. The highest BCUT2D eigenvalue weighted by molar-refractivity contribution is 7.90. The molecule has 1 heterocycles. The molecule has 1 aliphatic rings. The van der Waals surface area contributed by atoms with E-state index in [9.17, 15) is 17.6 Å². The van der Waals surface area contributed by atoms with Gasteiger partial charge in [-0.1, -0.05) is 29.8 Å². The fourth-order valence-corrected chi connectivity index (χ4v) is 5.30. The molecule has 144 valence electrons. The summed E-state index contributed by atoms with van der Waals surface area (Å²) < 4.78 is 42.4. The van der Waals surface area contributed by atoms with Gasteiger partial charge in [0.15, 0.2) is 5.78 Å². The normalized spacial score (nSPS) is 14.6. The van der Waals surface area contributed by atoms with Gasteiger partial charge < -0.3 is 0 Å². The Balaban J connectivity index is 2.04. The van der Waals surface area contributed by atoms with Crippen LogP contribution >= 0.6 is 11.6 Å². The van der Waals surface area contributed by atoms with Crippen LogP contribution in [0.1, 0.15) is 35.2 Å². The highest BCUT2D eigenvalue weighted by Crippen LogP contribution is 2.36. The largest absolute Gasteiger partial charge is 0.294 e. The smallest absolute Gasteiger partial charge is 0.268 e. The predicted octanol–water partition coefficient (Wildman–Crippen LogP) is 5.09. The molecule has 4 rings (SSSR count). The van der Waals surface area contributed by atoms with Crippen molar-refractivity contribution < 1.29 is 17.6 Å². The van der Waals surface area contributed by atoms with E-state index in [1.807, 2.05) is 0 Å². The second-order valence-corrected chi connectivity index (χ2v) is 8.99. The lowest BCUT2D eigenvalue weighted by atomic mass is 10.0. The predicted molar refractivity (Wildman–Crippen MR) is 106 cm³/mol. The lowest BCUT2D eigenvalue weighted by Crippen LogP contribution is -2.14. The maximum absolute atomic E-state index is 14.6. The van der Waals surface area contributed by atoms with Crippen molar-refractivity contribution in [2.45, 2.75) is 30.6 Å². The van der Waals surface area contributed by atoms with Crippen LogP contribution in [-0.4, -0.2) is 18.2 Å². The van der Waals surface area contributed by atoms with E-state index in [4.69, 9.17) is 11.6 Å². The fraction of sp³-hybridized carbons (Fsp3) is 0.190. The van der Waals surface area contributed by atoms with E-state index in [0.29, 0.717) is 24.0 Å². The van der Waals surface area contributed by atoms with Crippen LogP contribution in [0, 0.1) is 5.82 Å². The van der Waals surface area contributed by atoms with Crippen LogP contribution in [0.4, 0.5) is 4.39 Å². The molecule has 0 unspecified atom stereocenters. The Hall–Kier alpha value is -2.44. The van der Waals surface area contributed by atoms with E-state index in [0.717, 1.165) is 16.8 Å². The Bertz CT molecular complexity index is 1180. The number of Topliss-reactive ketones (excluding diaryl/α,β-unsaturated/α-hetero) is 1. The topological polar surface area (TPSA) is 56.1 Å². The van der Waals surface area contributed by atoms with Gasteiger partial charge in [0.2, 0.25) is 0 Å². The van der Waals surface area contributed by atoms with Gasteiger partial charge in [-0.2, -0.15) is 0 Å². The van der Waals surface area contributed by atoms with Crippen molar-refractivity contribution in [1.29, 1.82) is 0 Å². The Morgan fingerprint density at radius 2 is 1.71 bits per heavy atom. The molecule has 0 N–H and O–H groups in total. The van der Waals surface area contributed by atoms with E-state index in [1.165, 1.54) is 36.5 Å². The number of carbonyl (C=O) groups excluding carboxylic acids is 1. The first kappa shape index (κ1) is 18.9. The third-order valence-corrected chi connectivity index (χ3v) is 6.83. The Labute approximate surface area is 167 Å². The molecular formula is C21H17ClFNO3S. The summed E-state index contributed by atoms with van der Waals surface area (Å²) >= 11 is 5.98. The van der Waals surface area contributed by atoms with Crippen molar-refractivity contribution in [2.24, 2.45) is 0 Å². The van der Waals surface area contributed by atoms with E-state index < -0.39 is 15.8 Å². The van der Waals surface area contributed by atoms with Crippen molar-refractivity contribution in [3.05, 3.63) is 76.7 Å². The summed E-state index contributed by atoms with van der Waals surface area (Å²) in [6.07, 6.45) is 3.67. The number of nitrogens with zero attached hydrogens (tertiary/aromatic N) is 1. The SMILES string of the molecule is O=C1CCCCc2c1cn(S(=O)(=O)c1cccc(Cl)c1)c2-c1ccccc1F. The molecule has 7 heteroatoms. The molecule has 0 amide bonds. The molecule has 1 aliphatic carbocycles. The fourth-order valence-electron chi connectivity index (χ4n) is 3.60. The summed E-state index contributed by atoms with van der Waals surface area (Å²) in [6.45, 7) is 0. The highest BCUT2D eigenvalue weighted by atomic mass is 35.5. The van der Waals surface area contributed by atoms with E-state index in [2.05, 4.69) is 0 Å². The Morgan fingerprint density at radius 1 is 0.964 bits per heavy atom. The molecule has 3 aromatic rings. The molecule has 0 spiro atoms. The number of ketones is 1. The van der Waals surface area contributed by atoms with Gasteiger partial charge in [-0.05, 0) is 55.2 Å². The molecule has 0 atom stereocenters. The van der Waals surface area contributed by atoms with Gasteiger partial charge in [-0.25, -0.2) is 16.8 Å². The number of halogens is 2. The van der Waals surface area contributed by atoms with Crippen LogP contribution in [0.25, 0.3) is 11.3 Å².